The Kier molecular flexibility index (Phi) is 10.7. The lowest BCUT2D eigenvalue weighted by Gasteiger charge is -2.19. The molecular weight excluding hydrogens is 466 g/mol. The van der Waals surface area contributed by atoms with Gasteiger partial charge in [0, 0.05) is 25.2 Å². The van der Waals surface area contributed by atoms with Crippen molar-refractivity contribution in [2.75, 3.05) is 25.0 Å². The minimum atomic E-state index is -0.901. The molecule has 12 heteroatoms. The minimum absolute atomic E-state index is 0.0697. The number of nitrogens with one attached hydrogen (secondary N) is 3. The molecule has 11 nitrogen and oxygen atoms in total. The number of rotatable bonds is 13. The summed E-state index contributed by atoms with van der Waals surface area (Å²) in [7, 11) is 0. The van der Waals surface area contributed by atoms with Crippen molar-refractivity contribution in [2.45, 2.75) is 32.2 Å². The van der Waals surface area contributed by atoms with Crippen molar-refractivity contribution in [3.05, 3.63) is 63.3 Å². The summed E-state index contributed by atoms with van der Waals surface area (Å²) in [5.41, 5.74) is -0.0423. The van der Waals surface area contributed by atoms with Crippen LogP contribution in [0.4, 0.5) is 11.5 Å². The third kappa shape index (κ3) is 9.02. The quantitative estimate of drug-likeness (QED) is 0.167. The van der Waals surface area contributed by atoms with Crippen LogP contribution in [0, 0.1) is 10.1 Å². The van der Waals surface area contributed by atoms with Crippen LogP contribution in [0.3, 0.4) is 0 Å². The Morgan fingerprint density at radius 3 is 2.68 bits per heavy atom. The van der Waals surface area contributed by atoms with E-state index in [9.17, 15) is 24.5 Å². The molecule has 0 saturated carbocycles. The number of amides is 2. The summed E-state index contributed by atoms with van der Waals surface area (Å²) in [5.74, 6) is -0.763. The summed E-state index contributed by atoms with van der Waals surface area (Å²) in [6.45, 7) is 2.00. The van der Waals surface area contributed by atoms with Crippen molar-refractivity contribution in [3.8, 4) is 0 Å². The molecule has 3 N–H and O–H groups in total. The highest BCUT2D eigenvalue weighted by Crippen LogP contribution is 2.29. The number of benzene rings is 1. The molecule has 1 aromatic heterocycles. The van der Waals surface area contributed by atoms with Gasteiger partial charge < -0.3 is 20.7 Å². The molecule has 0 saturated heterocycles. The molecule has 1 heterocycles. The maximum Gasteiger partial charge on any atom is 0.308 e. The Hall–Kier alpha value is -3.73. The zero-order valence-corrected chi connectivity index (χ0v) is 19.3. The second kappa shape index (κ2) is 13.7. The van der Waals surface area contributed by atoms with E-state index in [0.717, 1.165) is 0 Å². The molecule has 0 bridgehead atoms. The van der Waals surface area contributed by atoms with Crippen LogP contribution in [-0.2, 0) is 19.1 Å². The maximum absolute atomic E-state index is 12.4. The van der Waals surface area contributed by atoms with Gasteiger partial charge in [-0.25, -0.2) is 4.98 Å². The molecule has 0 fully saturated rings. The molecule has 0 aliphatic heterocycles. The van der Waals surface area contributed by atoms with Crippen molar-refractivity contribution >= 4 is 40.9 Å². The van der Waals surface area contributed by atoms with Crippen molar-refractivity contribution < 1.29 is 24.0 Å². The number of nitro benzene ring substituents is 1. The molecule has 0 aliphatic rings. The summed E-state index contributed by atoms with van der Waals surface area (Å²) in [6, 6.07) is 8.55. The number of carbonyl (C=O) groups is 3. The Labute approximate surface area is 201 Å². The lowest BCUT2D eigenvalue weighted by Crippen LogP contribution is -2.39. The number of nitrogens with zero attached hydrogens (tertiary/aromatic N) is 2. The van der Waals surface area contributed by atoms with Crippen LogP contribution in [0.1, 0.15) is 37.8 Å². The van der Waals surface area contributed by atoms with Gasteiger partial charge in [-0.05, 0) is 37.1 Å². The highest BCUT2D eigenvalue weighted by Gasteiger charge is 2.23. The van der Waals surface area contributed by atoms with Gasteiger partial charge in [0.05, 0.1) is 30.5 Å². The average Bonchev–Trinajstić information content (AvgIpc) is 2.81. The first-order chi connectivity index (χ1) is 16.3. The van der Waals surface area contributed by atoms with Gasteiger partial charge >= 0.3 is 5.97 Å². The second-order valence-corrected chi connectivity index (χ2v) is 7.53. The molecule has 2 aromatic rings. The monoisotopic (exact) mass is 491 g/mol. The zero-order valence-electron chi connectivity index (χ0n) is 18.6. The Morgan fingerprint density at radius 1 is 1.21 bits per heavy atom. The first kappa shape index (κ1) is 26.5. The van der Waals surface area contributed by atoms with Crippen LogP contribution in [-0.4, -0.2) is 47.4 Å². The highest BCUT2D eigenvalue weighted by atomic mass is 35.5. The number of halogens is 1. The van der Waals surface area contributed by atoms with E-state index in [2.05, 4.69) is 20.9 Å². The largest absolute Gasteiger partial charge is 0.466 e. The summed E-state index contributed by atoms with van der Waals surface area (Å²) in [5, 5.41) is 19.3. The van der Waals surface area contributed by atoms with Gasteiger partial charge in [-0.15, -0.1) is 0 Å². The van der Waals surface area contributed by atoms with Crippen molar-refractivity contribution in [3.63, 3.8) is 0 Å². The number of ether oxygens (including phenoxy) is 1. The van der Waals surface area contributed by atoms with Gasteiger partial charge in [0.2, 0.25) is 11.8 Å². The Bertz CT molecular complexity index is 1000. The summed E-state index contributed by atoms with van der Waals surface area (Å²) >= 11 is 5.85. The smallest absolute Gasteiger partial charge is 0.308 e. The predicted octanol–water partition coefficient (Wildman–Crippen LogP) is 2.76. The Balaban J connectivity index is 1.89. The number of anilines is 1. The molecule has 0 aliphatic carbocycles. The zero-order chi connectivity index (χ0) is 24.9. The molecule has 0 radical (unpaired) electrons. The summed E-state index contributed by atoms with van der Waals surface area (Å²) < 4.78 is 4.93. The molecule has 182 valence electrons. The molecule has 1 unspecified atom stereocenters. The van der Waals surface area contributed by atoms with E-state index in [-0.39, 0.29) is 42.6 Å². The van der Waals surface area contributed by atoms with Crippen LogP contribution in [0.15, 0.2) is 42.6 Å². The van der Waals surface area contributed by atoms with Gasteiger partial charge in [0.15, 0.2) is 0 Å². The minimum Gasteiger partial charge on any atom is -0.466 e. The summed E-state index contributed by atoms with van der Waals surface area (Å²) in [4.78, 5) is 51.1. The van der Waals surface area contributed by atoms with Crippen LogP contribution < -0.4 is 16.0 Å². The topological polar surface area (TPSA) is 153 Å². The van der Waals surface area contributed by atoms with Gasteiger partial charge in [-0.3, -0.25) is 24.5 Å². The molecule has 0 spiro atoms. The molecule has 2 rings (SSSR count). The lowest BCUT2D eigenvalue weighted by molar-refractivity contribution is -0.384. The molecule has 34 heavy (non-hydrogen) atoms. The number of carbonyl (C=O) groups excluding carboxylic acids is 3. The first-order valence-electron chi connectivity index (χ1n) is 10.6. The second-order valence-electron chi connectivity index (χ2n) is 7.12. The van der Waals surface area contributed by atoms with E-state index < -0.39 is 22.8 Å². The van der Waals surface area contributed by atoms with E-state index in [0.29, 0.717) is 24.3 Å². The fraction of sp³-hybridized carbons (Fsp3) is 0.364. The lowest BCUT2D eigenvalue weighted by atomic mass is 10.0. The SMILES string of the molecule is CCOC(=O)CC(NC(=O)CNC(=O)CCCNc1ccccn1)c1ccc(Cl)c([N+](=O)[O-])c1. The van der Waals surface area contributed by atoms with Gasteiger partial charge in [0.25, 0.3) is 5.69 Å². The number of hydrogen-bond acceptors (Lipinski definition) is 8. The normalized spacial score (nSPS) is 11.2. The summed E-state index contributed by atoms with van der Waals surface area (Å²) in [6.07, 6.45) is 2.14. The van der Waals surface area contributed by atoms with E-state index in [4.69, 9.17) is 16.3 Å². The van der Waals surface area contributed by atoms with E-state index in [1.807, 2.05) is 12.1 Å². The molecule has 1 aromatic carbocycles. The van der Waals surface area contributed by atoms with Crippen LogP contribution in [0.5, 0.6) is 0 Å². The van der Waals surface area contributed by atoms with Crippen molar-refractivity contribution in [1.82, 2.24) is 15.6 Å². The molecule has 1 atom stereocenters. The molecular formula is C22H26ClN5O6. The van der Waals surface area contributed by atoms with Gasteiger partial charge in [0.1, 0.15) is 10.8 Å². The third-order valence-electron chi connectivity index (χ3n) is 4.58. The van der Waals surface area contributed by atoms with Gasteiger partial charge in [-0.1, -0.05) is 23.7 Å². The van der Waals surface area contributed by atoms with Crippen LogP contribution in [0.2, 0.25) is 5.02 Å². The highest BCUT2D eigenvalue weighted by molar-refractivity contribution is 6.32. The fourth-order valence-electron chi connectivity index (χ4n) is 2.97. The average molecular weight is 492 g/mol. The molecule has 2 amide bonds. The van der Waals surface area contributed by atoms with E-state index in [1.165, 1.54) is 18.2 Å². The van der Waals surface area contributed by atoms with Crippen molar-refractivity contribution in [1.29, 1.82) is 0 Å². The van der Waals surface area contributed by atoms with E-state index >= 15 is 0 Å². The van der Waals surface area contributed by atoms with Crippen LogP contribution in [0.25, 0.3) is 0 Å². The number of aromatic nitrogens is 1. The fourth-order valence-corrected chi connectivity index (χ4v) is 3.16. The predicted molar refractivity (Wildman–Crippen MR) is 125 cm³/mol. The number of hydrogen-bond donors (Lipinski definition) is 3. The van der Waals surface area contributed by atoms with Crippen LogP contribution >= 0.6 is 11.6 Å². The number of esters is 1. The maximum atomic E-state index is 12.4. The number of pyridine rings is 1. The van der Waals surface area contributed by atoms with E-state index in [1.54, 1.807) is 19.2 Å². The van der Waals surface area contributed by atoms with Crippen molar-refractivity contribution in [2.24, 2.45) is 0 Å². The Morgan fingerprint density at radius 2 is 2.00 bits per heavy atom. The first-order valence-corrected chi connectivity index (χ1v) is 11.0. The third-order valence-corrected chi connectivity index (χ3v) is 4.90. The number of nitro groups is 1. The van der Waals surface area contributed by atoms with Gasteiger partial charge in [-0.2, -0.15) is 0 Å². The standard InChI is InChI=1S/C22H26ClN5O6/c1-2-34-22(31)13-17(15-8-9-16(23)18(12-15)28(32)33)27-21(30)14-26-20(29)7-5-11-25-19-6-3-4-10-24-19/h3-4,6,8-10,12,17H,2,5,7,11,13-14H2,1H3,(H,24,25)(H,26,29)(H,27,30).